The minimum absolute atomic E-state index is 0.185. The molecule has 1 unspecified atom stereocenters. The molecule has 2 aromatic heterocycles. The Balaban J connectivity index is 1.34. The lowest BCUT2D eigenvalue weighted by Gasteiger charge is -2.24. The molecule has 1 N–H and O–H groups in total. The van der Waals surface area contributed by atoms with Crippen molar-refractivity contribution in [3.05, 3.63) is 69.6 Å². The summed E-state index contributed by atoms with van der Waals surface area (Å²) in [6, 6.07) is 10.5. The van der Waals surface area contributed by atoms with E-state index in [1.807, 2.05) is 25.1 Å². The number of rotatable bonds is 5. The van der Waals surface area contributed by atoms with Gasteiger partial charge in [-0.05, 0) is 43.2 Å². The average molecular weight is 513 g/mol. The summed E-state index contributed by atoms with van der Waals surface area (Å²) >= 11 is 4.44. The quantitative estimate of drug-likeness (QED) is 0.402. The molecular formula is C24H21FN4O2S3. The number of benzene rings is 2. The van der Waals surface area contributed by atoms with Gasteiger partial charge >= 0.3 is 0 Å². The molecule has 1 aliphatic heterocycles. The third-order valence-corrected chi connectivity index (χ3v) is 8.78. The smallest absolute Gasteiger partial charge is 0.274 e. The Morgan fingerprint density at radius 1 is 1.24 bits per heavy atom. The maximum absolute atomic E-state index is 14.2. The predicted octanol–water partition coefficient (Wildman–Crippen LogP) is 5.12. The van der Waals surface area contributed by atoms with E-state index in [4.69, 9.17) is 0 Å². The fraction of sp³-hybridized carbons (Fsp3) is 0.250. The summed E-state index contributed by atoms with van der Waals surface area (Å²) < 4.78 is 15.0. The molecule has 0 spiro atoms. The number of carbonyl (C=O) groups excluding carboxylic acids is 2. The van der Waals surface area contributed by atoms with Crippen molar-refractivity contribution in [2.75, 3.05) is 18.8 Å². The fourth-order valence-electron chi connectivity index (χ4n) is 3.90. The second kappa shape index (κ2) is 9.44. The number of fused-ring (bicyclic) bond motifs is 1. The van der Waals surface area contributed by atoms with Gasteiger partial charge in [0.15, 0.2) is 0 Å². The van der Waals surface area contributed by atoms with E-state index in [0.29, 0.717) is 40.4 Å². The second-order valence-corrected chi connectivity index (χ2v) is 11.3. The number of nitrogens with zero attached hydrogens (tertiary/aromatic N) is 3. The summed E-state index contributed by atoms with van der Waals surface area (Å²) in [5.74, 6) is 0.0772. The number of nitrogens with one attached hydrogen (secondary N) is 1. The minimum Gasteiger partial charge on any atom is -0.349 e. The Kier molecular flexibility index (Phi) is 6.37. The Bertz CT molecular complexity index is 1400. The first-order valence-corrected chi connectivity index (χ1v) is 13.4. The van der Waals surface area contributed by atoms with Gasteiger partial charge in [0.1, 0.15) is 11.5 Å². The van der Waals surface area contributed by atoms with E-state index in [0.717, 1.165) is 21.0 Å². The Hall–Kier alpha value is -2.82. The first kappa shape index (κ1) is 22.9. The van der Waals surface area contributed by atoms with Crippen LogP contribution in [-0.2, 0) is 0 Å². The zero-order valence-corrected chi connectivity index (χ0v) is 21.0. The summed E-state index contributed by atoms with van der Waals surface area (Å²) in [5, 5.41) is 3.52. The normalized spacial score (nSPS) is 15.7. The summed E-state index contributed by atoms with van der Waals surface area (Å²) in [6.07, 6.45) is 0. The molecule has 1 aliphatic rings. The van der Waals surface area contributed by atoms with Crippen LogP contribution in [0.3, 0.4) is 0 Å². The Morgan fingerprint density at radius 3 is 2.91 bits per heavy atom. The van der Waals surface area contributed by atoms with Gasteiger partial charge < -0.3 is 10.2 Å². The Labute approximate surface area is 208 Å². The first-order valence-electron chi connectivity index (χ1n) is 10.7. The zero-order valence-electron chi connectivity index (χ0n) is 18.5. The highest BCUT2D eigenvalue weighted by atomic mass is 32.2. The summed E-state index contributed by atoms with van der Waals surface area (Å²) in [6.45, 7) is 4.43. The van der Waals surface area contributed by atoms with Crippen molar-refractivity contribution in [2.45, 2.75) is 19.2 Å². The van der Waals surface area contributed by atoms with E-state index in [2.05, 4.69) is 15.3 Å². The molecule has 4 aromatic rings. The SMILES string of the molecule is Cc1nc(C(=O)N2CCSC2CNC(=O)c2cccc3ncsc23)c(-c2ccc(C)c(F)c2)s1. The van der Waals surface area contributed by atoms with E-state index in [1.165, 1.54) is 28.7 Å². The molecule has 2 aromatic carbocycles. The van der Waals surface area contributed by atoms with Crippen LogP contribution in [0.4, 0.5) is 4.39 Å². The van der Waals surface area contributed by atoms with E-state index in [9.17, 15) is 14.0 Å². The van der Waals surface area contributed by atoms with Gasteiger partial charge in [0.2, 0.25) is 0 Å². The summed E-state index contributed by atoms with van der Waals surface area (Å²) in [7, 11) is 0. The van der Waals surface area contributed by atoms with Crippen LogP contribution in [0, 0.1) is 19.7 Å². The van der Waals surface area contributed by atoms with Crippen molar-refractivity contribution in [2.24, 2.45) is 0 Å². The minimum atomic E-state index is -0.310. The van der Waals surface area contributed by atoms with Crippen molar-refractivity contribution in [3.8, 4) is 10.4 Å². The second-order valence-electron chi connectivity index (χ2n) is 7.91. The molecule has 34 heavy (non-hydrogen) atoms. The third kappa shape index (κ3) is 4.33. The highest BCUT2D eigenvalue weighted by Gasteiger charge is 2.33. The molecule has 2 amide bonds. The fourth-order valence-corrected chi connectivity index (χ4v) is 6.76. The first-order chi connectivity index (χ1) is 16.4. The maximum atomic E-state index is 14.2. The standard InChI is InChI=1S/C24H21FN4O2S3/c1-13-6-7-15(10-17(13)25)21-20(28-14(2)34-21)24(31)29-8-9-32-19(29)11-26-23(30)16-4-3-5-18-22(16)33-12-27-18/h3-7,10,12,19H,8-9,11H2,1-2H3,(H,26,30). The molecule has 0 aliphatic carbocycles. The molecule has 10 heteroatoms. The van der Waals surface area contributed by atoms with Gasteiger partial charge in [0, 0.05) is 18.8 Å². The maximum Gasteiger partial charge on any atom is 0.274 e. The van der Waals surface area contributed by atoms with Crippen LogP contribution >= 0.6 is 34.4 Å². The number of hydrogen-bond acceptors (Lipinski definition) is 7. The third-order valence-electron chi connectivity index (χ3n) is 5.66. The number of thiazole rings is 2. The van der Waals surface area contributed by atoms with E-state index >= 15 is 0 Å². The molecular weight excluding hydrogens is 491 g/mol. The van der Waals surface area contributed by atoms with Crippen molar-refractivity contribution in [1.82, 2.24) is 20.2 Å². The van der Waals surface area contributed by atoms with Crippen LogP contribution < -0.4 is 5.32 Å². The van der Waals surface area contributed by atoms with Crippen LogP contribution in [0.25, 0.3) is 20.7 Å². The number of halogens is 1. The highest BCUT2D eigenvalue weighted by Crippen LogP contribution is 2.34. The summed E-state index contributed by atoms with van der Waals surface area (Å²) in [4.78, 5) is 37.6. The van der Waals surface area contributed by atoms with Gasteiger partial charge in [-0.15, -0.1) is 34.4 Å². The number of aromatic nitrogens is 2. The number of aryl methyl sites for hydroxylation is 2. The van der Waals surface area contributed by atoms with E-state index < -0.39 is 0 Å². The van der Waals surface area contributed by atoms with Gasteiger partial charge in [0.25, 0.3) is 11.8 Å². The molecule has 174 valence electrons. The lowest BCUT2D eigenvalue weighted by Crippen LogP contribution is -2.42. The van der Waals surface area contributed by atoms with Crippen molar-refractivity contribution in [1.29, 1.82) is 0 Å². The van der Waals surface area contributed by atoms with Gasteiger partial charge in [-0.3, -0.25) is 9.59 Å². The van der Waals surface area contributed by atoms with E-state index in [-0.39, 0.29) is 23.0 Å². The number of amides is 2. The van der Waals surface area contributed by atoms with Crippen LogP contribution in [-0.4, -0.2) is 50.9 Å². The van der Waals surface area contributed by atoms with Crippen LogP contribution in [0.2, 0.25) is 0 Å². The molecule has 6 nitrogen and oxygen atoms in total. The number of thioether (sulfide) groups is 1. The van der Waals surface area contributed by atoms with Crippen molar-refractivity contribution in [3.63, 3.8) is 0 Å². The molecule has 1 saturated heterocycles. The van der Waals surface area contributed by atoms with Crippen LogP contribution in [0.15, 0.2) is 41.9 Å². The van der Waals surface area contributed by atoms with Gasteiger partial charge in [-0.25, -0.2) is 14.4 Å². The number of carbonyl (C=O) groups is 2. The lowest BCUT2D eigenvalue weighted by atomic mass is 10.1. The lowest BCUT2D eigenvalue weighted by molar-refractivity contribution is 0.0747. The Morgan fingerprint density at radius 2 is 2.09 bits per heavy atom. The molecule has 1 fully saturated rings. The monoisotopic (exact) mass is 512 g/mol. The van der Waals surface area contributed by atoms with Gasteiger partial charge in [-0.2, -0.15) is 0 Å². The topological polar surface area (TPSA) is 75.2 Å². The molecule has 5 rings (SSSR count). The van der Waals surface area contributed by atoms with Crippen molar-refractivity contribution >= 4 is 56.5 Å². The molecule has 0 bridgehead atoms. The van der Waals surface area contributed by atoms with Crippen LogP contribution in [0.1, 0.15) is 31.4 Å². The molecule has 3 heterocycles. The molecule has 0 radical (unpaired) electrons. The van der Waals surface area contributed by atoms with Gasteiger partial charge in [0.05, 0.1) is 36.5 Å². The molecule has 0 saturated carbocycles. The molecule has 1 atom stereocenters. The zero-order chi connectivity index (χ0) is 23.8. The highest BCUT2D eigenvalue weighted by molar-refractivity contribution is 8.00. The summed E-state index contributed by atoms with van der Waals surface area (Å²) in [5.41, 5.74) is 4.63. The van der Waals surface area contributed by atoms with E-state index in [1.54, 1.807) is 41.2 Å². The average Bonchev–Trinajstić information content (AvgIpc) is 3.57. The van der Waals surface area contributed by atoms with Crippen LogP contribution in [0.5, 0.6) is 0 Å². The predicted molar refractivity (Wildman–Crippen MR) is 136 cm³/mol. The van der Waals surface area contributed by atoms with Crippen molar-refractivity contribution < 1.29 is 14.0 Å². The number of hydrogen-bond donors (Lipinski definition) is 1. The largest absolute Gasteiger partial charge is 0.349 e. The van der Waals surface area contributed by atoms with Gasteiger partial charge in [-0.1, -0.05) is 18.2 Å².